The van der Waals surface area contributed by atoms with Crippen molar-refractivity contribution < 1.29 is 48.1 Å². The largest absolute Gasteiger partial charge is 0.454 e. The van der Waals surface area contributed by atoms with E-state index in [0.717, 1.165) is 152 Å². The Labute approximate surface area is 592 Å². The first kappa shape index (κ1) is 81.4. The van der Waals surface area contributed by atoms with Gasteiger partial charge in [0.05, 0.1) is 6.10 Å². The number of thiophene rings is 1. The molecule has 3 aromatic heterocycles. The minimum absolute atomic E-state index is 0.0129. The van der Waals surface area contributed by atoms with Crippen molar-refractivity contribution in [2.45, 2.75) is 145 Å². The molecular weight excluding hydrogens is 1270 g/mol. The monoisotopic (exact) mass is 1380 g/mol. The number of piperazine rings is 3. The number of carbonyl (C=O) groups excluding carboxylic acids is 7. The minimum Gasteiger partial charge on any atom is -0.454 e. The Morgan fingerprint density at radius 1 is 0.556 bits per heavy atom. The maximum absolute atomic E-state index is 11.3. The Hall–Kier alpha value is -8.25. The molecule has 1 unspecified atom stereocenters. The molecule has 4 aliphatic heterocycles. The summed E-state index contributed by atoms with van der Waals surface area (Å²) in [5.41, 5.74) is 4.71. The zero-order valence-corrected chi connectivity index (χ0v) is 60.8. The maximum atomic E-state index is 11.3. The number of rotatable bonds is 18. The molecule has 99 heavy (non-hydrogen) atoms. The van der Waals surface area contributed by atoms with Crippen LogP contribution in [-0.2, 0) is 52.9 Å². The van der Waals surface area contributed by atoms with Gasteiger partial charge >= 0.3 is 0 Å². The molecule has 0 radical (unpaired) electrons. The van der Waals surface area contributed by atoms with Gasteiger partial charge in [0.2, 0.25) is 48.1 Å². The molecule has 22 nitrogen and oxygen atoms in total. The summed E-state index contributed by atoms with van der Waals surface area (Å²) in [6, 6.07) is 29.2. The number of aromatic nitrogens is 2. The molecule has 2 aliphatic carbocycles. The molecule has 7 heterocycles. The molecule has 1 atom stereocenters. The van der Waals surface area contributed by atoms with Gasteiger partial charge in [0.25, 0.3) is 0 Å². The van der Waals surface area contributed by atoms with Crippen LogP contribution in [0.15, 0.2) is 127 Å². The topological polar surface area (TPSA) is 252 Å². The number of hydrogen-bond donors (Lipinski definition) is 5. The van der Waals surface area contributed by atoms with Crippen molar-refractivity contribution in [1.29, 1.82) is 0 Å². The number of pyridine rings is 2. The second kappa shape index (κ2) is 47.7. The lowest BCUT2D eigenvalue weighted by atomic mass is 9.87. The molecule has 3 saturated heterocycles. The van der Waals surface area contributed by atoms with Gasteiger partial charge in [-0.25, -0.2) is 4.98 Å². The molecule has 4 fully saturated rings. The SMILES string of the molecule is CC(=O)N1CCN(CCC2CCCCC2)CC1.CC(=O)N1CCN(Cc2ccc3c(c2)OCO3)CC1.CC(=O)N1CCN(c2ccccn2)CC1.CC(=O)NCC(O)c1ccccc1.CC(=O)NCCC1=CCCCC1.CC(=O)NCCc1cccnc1.CC(=O)NCCc1cccs1. The van der Waals surface area contributed by atoms with E-state index in [0.29, 0.717) is 13.3 Å². The molecule has 1 saturated carbocycles. The van der Waals surface area contributed by atoms with E-state index in [1.807, 2.05) is 105 Å². The van der Waals surface area contributed by atoms with Crippen LogP contribution in [0, 0.1) is 5.92 Å². The lowest BCUT2D eigenvalue weighted by molar-refractivity contribution is -0.131. The van der Waals surface area contributed by atoms with E-state index in [-0.39, 0.29) is 47.9 Å². The second-order valence-corrected chi connectivity index (χ2v) is 26.4. The Kier molecular flexibility index (Phi) is 39.2. The summed E-state index contributed by atoms with van der Waals surface area (Å²) in [6.45, 7) is 26.8. The highest BCUT2D eigenvalue weighted by Gasteiger charge is 2.23. The molecule has 5 N–H and O–H groups in total. The van der Waals surface area contributed by atoms with Gasteiger partial charge in [-0.1, -0.05) is 98.4 Å². The van der Waals surface area contributed by atoms with Gasteiger partial charge in [-0.05, 0) is 122 Å². The van der Waals surface area contributed by atoms with Gasteiger partial charge in [-0.3, -0.25) is 48.3 Å². The number of nitrogens with zero attached hydrogens (tertiary/aromatic N) is 8. The fraction of sp³-hybridized carbons (Fsp3) is 0.539. The summed E-state index contributed by atoms with van der Waals surface area (Å²) in [6.07, 6.45) is 23.6. The third-order valence-electron chi connectivity index (χ3n) is 17.5. The Balaban J connectivity index is 0.000000210. The van der Waals surface area contributed by atoms with Gasteiger partial charge in [0, 0.05) is 183 Å². The van der Waals surface area contributed by atoms with Crippen molar-refractivity contribution in [1.82, 2.24) is 55.7 Å². The van der Waals surface area contributed by atoms with E-state index in [4.69, 9.17) is 9.47 Å². The molecule has 542 valence electrons. The third kappa shape index (κ3) is 35.4. The lowest BCUT2D eigenvalue weighted by Gasteiger charge is -2.35. The summed E-state index contributed by atoms with van der Waals surface area (Å²) in [5.74, 6) is 4.21. The van der Waals surface area contributed by atoms with E-state index < -0.39 is 6.10 Å². The Bertz CT molecular complexity index is 3140. The number of aliphatic hydroxyl groups is 1. The van der Waals surface area contributed by atoms with Gasteiger partial charge in [-0.15, -0.1) is 11.3 Å². The van der Waals surface area contributed by atoms with Crippen LogP contribution in [0.2, 0.25) is 0 Å². The first-order valence-electron chi connectivity index (χ1n) is 35.4. The van der Waals surface area contributed by atoms with E-state index in [2.05, 4.69) is 64.1 Å². The maximum Gasteiger partial charge on any atom is 0.231 e. The second-order valence-electron chi connectivity index (χ2n) is 25.4. The Morgan fingerprint density at radius 2 is 1.14 bits per heavy atom. The van der Waals surface area contributed by atoms with E-state index >= 15 is 0 Å². The Morgan fingerprint density at radius 3 is 1.69 bits per heavy atom. The zero-order chi connectivity index (χ0) is 71.4. The van der Waals surface area contributed by atoms with Crippen LogP contribution < -0.4 is 35.6 Å². The number of nitrogens with one attached hydrogen (secondary N) is 4. The molecule has 2 aromatic carbocycles. The van der Waals surface area contributed by atoms with Crippen LogP contribution in [-0.4, -0.2) is 199 Å². The van der Waals surface area contributed by atoms with Crippen molar-refractivity contribution in [2.75, 3.05) is 123 Å². The zero-order valence-electron chi connectivity index (χ0n) is 59.9. The minimum atomic E-state index is -0.620. The van der Waals surface area contributed by atoms with Crippen LogP contribution in [0.25, 0.3) is 0 Å². The average Bonchev–Trinajstić information content (AvgIpc) is 1.83. The van der Waals surface area contributed by atoms with Crippen LogP contribution in [0.5, 0.6) is 11.5 Å². The highest BCUT2D eigenvalue weighted by molar-refractivity contribution is 7.09. The average molecular weight is 1390 g/mol. The van der Waals surface area contributed by atoms with Crippen molar-refractivity contribution in [2.24, 2.45) is 5.92 Å². The molecule has 7 amide bonds. The quantitative estimate of drug-likeness (QED) is 0.0513. The molecule has 0 bridgehead atoms. The molecular formula is C76H112N12O10S. The normalized spacial score (nSPS) is 16.1. The standard InChI is InChI=1S/C14H18N2O3.C14H26N2O.C11H15N3O.C10H13NO2.C10H17NO.C9H12N2O.C8H11NOS/c1-11(17)16-6-4-15(5-7-16)9-12-2-3-13-14(8-12)19-10-18-13;1-13(17)16-11-9-15(10-12-16)8-7-14-5-3-2-4-6-14;1-10(15)13-6-8-14(9-7-13)11-4-2-3-5-12-11;1-8(12)11-7-10(13)9-5-3-2-4-6-9;1-9(12)11-8-7-10-5-3-2-4-6-10;1-8(12)11-6-4-9-3-2-5-10-7-9;1-7(10)9-5-4-8-3-2-6-11-8/h2-3,8H,4-7,9-10H2,1H3;14H,2-12H2,1H3;2-5H,6-9H2,1H3;2-6,10,13H,7H2,1H3,(H,11,12);5H,2-4,6-8H2,1H3,(H,11,12);2-3,5,7H,4,6H2,1H3,(H,11,12);2-3,6H,4-5H2,1H3,(H,9,10). The molecule has 23 heteroatoms. The predicted octanol–water partition coefficient (Wildman–Crippen LogP) is 9.01. The molecule has 5 aromatic rings. The predicted molar refractivity (Wildman–Crippen MR) is 392 cm³/mol. The highest BCUT2D eigenvalue weighted by Crippen LogP contribution is 2.33. The number of amides is 7. The number of allylic oxidation sites excluding steroid dienone is 1. The third-order valence-corrected chi connectivity index (χ3v) is 18.5. The number of aliphatic hydroxyl groups excluding tert-OH is 1. The lowest BCUT2D eigenvalue weighted by Crippen LogP contribution is -2.48. The van der Waals surface area contributed by atoms with Gasteiger partial charge in [-0.2, -0.15) is 0 Å². The fourth-order valence-electron chi connectivity index (χ4n) is 11.7. The first-order chi connectivity index (χ1) is 47.8. The van der Waals surface area contributed by atoms with E-state index in [9.17, 15) is 38.7 Å². The number of hydrogen-bond acceptors (Lipinski definition) is 16. The summed E-state index contributed by atoms with van der Waals surface area (Å²) in [7, 11) is 0. The summed E-state index contributed by atoms with van der Waals surface area (Å²) < 4.78 is 10.7. The summed E-state index contributed by atoms with van der Waals surface area (Å²) in [5, 5.41) is 22.4. The number of fused-ring (bicyclic) bond motifs is 1. The van der Waals surface area contributed by atoms with Crippen molar-refractivity contribution in [3.05, 3.63) is 148 Å². The molecule has 11 rings (SSSR count). The molecule has 0 spiro atoms. The number of anilines is 1. The number of carbonyl (C=O) groups is 7. The molecule has 6 aliphatic rings. The number of benzene rings is 2. The van der Waals surface area contributed by atoms with Crippen LogP contribution in [0.4, 0.5) is 5.82 Å². The van der Waals surface area contributed by atoms with Crippen LogP contribution in [0.1, 0.15) is 147 Å². The van der Waals surface area contributed by atoms with Crippen molar-refractivity contribution in [3.8, 4) is 11.5 Å². The van der Waals surface area contributed by atoms with E-state index in [1.165, 1.54) is 108 Å². The van der Waals surface area contributed by atoms with Gasteiger partial charge in [0.15, 0.2) is 11.5 Å². The summed E-state index contributed by atoms with van der Waals surface area (Å²) >= 11 is 1.72. The van der Waals surface area contributed by atoms with Crippen LogP contribution in [0.3, 0.4) is 0 Å². The van der Waals surface area contributed by atoms with Gasteiger partial charge < -0.3 is 55.4 Å². The first-order valence-corrected chi connectivity index (χ1v) is 36.2. The fourth-order valence-corrected chi connectivity index (χ4v) is 12.5. The van der Waals surface area contributed by atoms with Crippen LogP contribution >= 0.6 is 11.3 Å². The number of ether oxygens (including phenoxy) is 2. The van der Waals surface area contributed by atoms with Gasteiger partial charge in [0.1, 0.15) is 5.82 Å². The highest BCUT2D eigenvalue weighted by atomic mass is 32.1. The smallest absolute Gasteiger partial charge is 0.231 e. The van der Waals surface area contributed by atoms with E-state index in [1.54, 1.807) is 51.4 Å². The summed E-state index contributed by atoms with van der Waals surface area (Å²) in [4.78, 5) is 98.1. The van der Waals surface area contributed by atoms with Crippen molar-refractivity contribution >= 4 is 58.5 Å². The van der Waals surface area contributed by atoms with Crippen molar-refractivity contribution in [3.63, 3.8) is 0 Å².